The van der Waals surface area contributed by atoms with Gasteiger partial charge in [-0.15, -0.1) is 22.0 Å². The molecule has 2 aliphatic heterocycles. The predicted molar refractivity (Wildman–Crippen MR) is 140 cm³/mol. The number of amides is 2. The van der Waals surface area contributed by atoms with Crippen molar-refractivity contribution in [2.75, 3.05) is 17.2 Å². The van der Waals surface area contributed by atoms with Gasteiger partial charge in [0.1, 0.15) is 28.4 Å². The second-order valence-corrected chi connectivity index (χ2v) is 10.9. The van der Waals surface area contributed by atoms with Crippen molar-refractivity contribution in [3.63, 3.8) is 0 Å². The minimum Gasteiger partial charge on any atom is -0.477 e. The molecule has 2 amide bonds. The van der Waals surface area contributed by atoms with Gasteiger partial charge in [-0.2, -0.15) is 0 Å². The largest absolute Gasteiger partial charge is 0.477 e. The zero-order valence-electron chi connectivity index (χ0n) is 19.3. The number of nitrogens with one attached hydrogen (secondary N) is 1. The summed E-state index contributed by atoms with van der Waals surface area (Å²) in [6, 6.07) is 9.01. The number of benzene rings is 1. The molecule has 16 heteroatoms. The molecule has 4 heterocycles. The first-order valence-corrected chi connectivity index (χ1v) is 13.8. The lowest BCUT2D eigenvalue weighted by atomic mass is 10.0. The van der Waals surface area contributed by atoms with Crippen molar-refractivity contribution in [3.05, 3.63) is 65.2 Å². The van der Waals surface area contributed by atoms with Crippen molar-refractivity contribution < 1.29 is 24.3 Å². The van der Waals surface area contributed by atoms with Crippen molar-refractivity contribution in [2.45, 2.75) is 15.8 Å². The van der Waals surface area contributed by atoms with Gasteiger partial charge in [-0.05, 0) is 23.8 Å². The third-order valence-corrected chi connectivity index (χ3v) is 8.62. The molecule has 0 saturated carbocycles. The van der Waals surface area contributed by atoms with Gasteiger partial charge in [0.2, 0.25) is 5.71 Å². The summed E-state index contributed by atoms with van der Waals surface area (Å²) in [7, 11) is 0. The average Bonchev–Trinajstić information content (AvgIpc) is 3.44. The van der Waals surface area contributed by atoms with E-state index in [1.165, 1.54) is 52.0 Å². The molecule has 1 aromatic carbocycles. The molecule has 0 spiro atoms. The molecule has 0 radical (unpaired) electrons. The summed E-state index contributed by atoms with van der Waals surface area (Å²) in [4.78, 5) is 53.1. The number of β-lactam (4-membered cyclic amide) rings is 1. The number of carboxylic acids is 1. The van der Waals surface area contributed by atoms with Gasteiger partial charge in [-0.1, -0.05) is 46.5 Å². The summed E-state index contributed by atoms with van der Waals surface area (Å²) in [6.45, 7) is 0. The van der Waals surface area contributed by atoms with Crippen LogP contribution in [0.25, 0.3) is 0 Å². The number of hydrogen-bond acceptors (Lipinski definition) is 13. The zero-order chi connectivity index (χ0) is 26.6. The molecular weight excluding hydrogens is 552 g/mol. The van der Waals surface area contributed by atoms with E-state index in [1.54, 1.807) is 35.8 Å². The number of oxime groups is 1. The Bertz CT molecular complexity index is 1430. The number of aromatic nitrogens is 4. The first kappa shape index (κ1) is 25.6. The van der Waals surface area contributed by atoms with Gasteiger partial charge in [-0.3, -0.25) is 14.5 Å². The lowest BCUT2D eigenvalue weighted by Crippen LogP contribution is -2.71. The Balaban J connectivity index is 1.34. The van der Waals surface area contributed by atoms with E-state index < -0.39 is 29.2 Å². The topological polar surface area (TPSA) is 186 Å². The van der Waals surface area contributed by atoms with Crippen LogP contribution < -0.4 is 15.9 Å². The fourth-order valence-electron chi connectivity index (χ4n) is 3.63. The van der Waals surface area contributed by atoms with E-state index in [9.17, 15) is 19.5 Å². The van der Waals surface area contributed by atoms with Gasteiger partial charge in [0.25, 0.3) is 11.8 Å². The van der Waals surface area contributed by atoms with E-state index in [-0.39, 0.29) is 23.1 Å². The van der Waals surface area contributed by atoms with E-state index in [4.69, 9.17) is 10.6 Å². The van der Waals surface area contributed by atoms with E-state index >= 15 is 0 Å². The molecular formula is C22H18N8O5S3. The maximum atomic E-state index is 13.2. The lowest BCUT2D eigenvalue weighted by molar-refractivity contribution is -0.150. The Morgan fingerprint density at radius 2 is 2.11 bits per heavy atom. The average molecular weight is 571 g/mol. The maximum absolute atomic E-state index is 13.2. The van der Waals surface area contributed by atoms with Crippen LogP contribution in [-0.4, -0.2) is 76.6 Å². The number of nitrogens with two attached hydrogens (primary N) is 1. The van der Waals surface area contributed by atoms with Crippen LogP contribution in [-0.2, 0) is 14.4 Å². The zero-order valence-corrected chi connectivity index (χ0v) is 21.7. The minimum absolute atomic E-state index is 0.0817. The van der Waals surface area contributed by atoms with Crippen LogP contribution in [0.4, 0.5) is 5.82 Å². The number of aliphatic carboxylic acids is 1. The van der Waals surface area contributed by atoms with Crippen LogP contribution in [0.2, 0.25) is 0 Å². The molecule has 0 aliphatic carbocycles. The quantitative estimate of drug-likeness (QED) is 0.145. The van der Waals surface area contributed by atoms with E-state index in [0.29, 0.717) is 27.2 Å². The molecule has 5 rings (SSSR count). The smallest absolute Gasteiger partial charge is 0.352 e. The Morgan fingerprint density at radius 3 is 2.82 bits per heavy atom. The van der Waals surface area contributed by atoms with Crippen molar-refractivity contribution >= 4 is 64.2 Å². The van der Waals surface area contributed by atoms with Gasteiger partial charge in [0.15, 0.2) is 15.9 Å². The molecule has 1 saturated heterocycles. The summed E-state index contributed by atoms with van der Waals surface area (Å²) in [6.07, 6.45) is 1.36. The molecule has 0 bridgehead atoms. The van der Waals surface area contributed by atoms with Crippen molar-refractivity contribution in [3.8, 4) is 5.75 Å². The van der Waals surface area contributed by atoms with Gasteiger partial charge >= 0.3 is 5.97 Å². The Labute approximate surface area is 227 Å². The van der Waals surface area contributed by atoms with E-state index in [0.717, 1.165) is 0 Å². The number of rotatable bonds is 9. The number of carboxylic acid groups (broad SMARTS) is 1. The molecule has 13 nitrogen and oxygen atoms in total. The number of nitrogens with zero attached hydrogens (tertiary/aromatic N) is 6. The third-order valence-electron chi connectivity index (χ3n) is 5.34. The molecule has 2 atom stereocenters. The number of carbonyl (C=O) groups excluding carboxylic acids is 2. The maximum Gasteiger partial charge on any atom is 0.352 e. The van der Waals surface area contributed by atoms with Crippen LogP contribution in [0.3, 0.4) is 0 Å². The molecule has 194 valence electrons. The van der Waals surface area contributed by atoms with Crippen LogP contribution in [0.5, 0.6) is 5.75 Å². The number of carbonyl (C=O) groups is 3. The fourth-order valence-corrected chi connectivity index (χ4v) is 6.60. The highest BCUT2D eigenvalue weighted by molar-refractivity contribution is 8.01. The molecule has 1 fully saturated rings. The molecule has 38 heavy (non-hydrogen) atoms. The number of anilines is 1. The first-order chi connectivity index (χ1) is 18.4. The van der Waals surface area contributed by atoms with Crippen LogP contribution >= 0.6 is 34.9 Å². The first-order valence-electron chi connectivity index (χ1n) is 10.9. The molecule has 1 unspecified atom stereocenters. The molecule has 3 aromatic rings. The lowest BCUT2D eigenvalue weighted by Gasteiger charge is -2.49. The summed E-state index contributed by atoms with van der Waals surface area (Å²) in [5, 5.41) is 23.5. The monoisotopic (exact) mass is 570 g/mol. The number of nitrogen functional groups attached to an aromatic ring is 1. The SMILES string of the molecule is Nc1ccnc(C(=NOc2ccccc2)C(=O)NC2C(=O)N3C(C(=O)O)=C(CSc4nncs4)CS[C@@H]23)n1. The Morgan fingerprint density at radius 1 is 1.29 bits per heavy atom. The molecule has 4 N–H and O–H groups in total. The minimum atomic E-state index is -1.21. The Kier molecular flexibility index (Phi) is 7.52. The third kappa shape index (κ3) is 5.32. The summed E-state index contributed by atoms with van der Waals surface area (Å²) < 4.78 is 0.697. The van der Waals surface area contributed by atoms with Gasteiger partial charge in [0, 0.05) is 17.7 Å². The van der Waals surface area contributed by atoms with E-state index in [2.05, 4.69) is 30.6 Å². The second kappa shape index (κ2) is 11.2. The van der Waals surface area contributed by atoms with Crippen molar-refractivity contribution in [1.29, 1.82) is 0 Å². The van der Waals surface area contributed by atoms with Crippen molar-refractivity contribution in [2.24, 2.45) is 5.16 Å². The van der Waals surface area contributed by atoms with Crippen LogP contribution in [0.1, 0.15) is 5.82 Å². The number of thioether (sulfide) groups is 2. The van der Waals surface area contributed by atoms with Gasteiger partial charge in [-0.25, -0.2) is 14.8 Å². The Hall–Kier alpha value is -4.02. The molecule has 2 aliphatic rings. The highest BCUT2D eigenvalue weighted by Gasteiger charge is 2.54. The highest BCUT2D eigenvalue weighted by Crippen LogP contribution is 2.41. The van der Waals surface area contributed by atoms with Gasteiger partial charge < -0.3 is 21.0 Å². The number of hydrogen-bond donors (Lipinski definition) is 3. The van der Waals surface area contributed by atoms with Crippen LogP contribution in [0, 0.1) is 0 Å². The van der Waals surface area contributed by atoms with Crippen LogP contribution in [0.15, 0.2) is 68.9 Å². The summed E-state index contributed by atoms with van der Waals surface area (Å²) in [5.74, 6) is -1.45. The highest BCUT2D eigenvalue weighted by atomic mass is 32.2. The number of para-hydroxylation sites is 1. The van der Waals surface area contributed by atoms with Gasteiger partial charge in [0.05, 0.1) is 0 Å². The summed E-state index contributed by atoms with van der Waals surface area (Å²) >= 11 is 4.05. The normalized spacial score (nSPS) is 19.0. The standard InChI is InChI=1S/C22H18N8O5S3/c23-13-6-7-24-17(26-13)14(29-35-12-4-2-1-3-5-12)18(31)27-15-19(32)30-16(21(33)34)11(8-36-20(15)30)9-37-22-28-25-10-38-22/h1-7,10,15,20H,8-9H2,(H,27,31)(H,33,34)(H2,23,24,26)/t15?,20-/m0/s1. The van der Waals surface area contributed by atoms with Crippen molar-refractivity contribution in [1.82, 2.24) is 30.4 Å². The second-order valence-electron chi connectivity index (χ2n) is 7.76. The number of fused-ring (bicyclic) bond motifs is 1. The summed E-state index contributed by atoms with van der Waals surface area (Å²) in [5.41, 5.74) is 7.55. The predicted octanol–water partition coefficient (Wildman–Crippen LogP) is 1.22. The molecule has 2 aromatic heterocycles. The fraction of sp³-hybridized carbons (Fsp3) is 0.182. The van der Waals surface area contributed by atoms with E-state index in [1.807, 2.05) is 0 Å².